The third kappa shape index (κ3) is 3.22. The van der Waals surface area contributed by atoms with Gasteiger partial charge in [0.25, 0.3) is 0 Å². The second-order valence-corrected chi connectivity index (χ2v) is 5.76. The Kier molecular flexibility index (Phi) is 4.46. The Morgan fingerprint density at radius 3 is 3.19 bits per heavy atom. The fourth-order valence-electron chi connectivity index (χ4n) is 2.77. The summed E-state index contributed by atoms with van der Waals surface area (Å²) in [6.07, 6.45) is 4.86. The highest BCUT2D eigenvalue weighted by atomic mass is 35.5. The van der Waals surface area contributed by atoms with Crippen LogP contribution in [0.15, 0.2) is 24.4 Å². The quantitative estimate of drug-likeness (QED) is 0.922. The lowest BCUT2D eigenvalue weighted by Gasteiger charge is -2.19. The van der Waals surface area contributed by atoms with Crippen molar-refractivity contribution >= 4 is 17.3 Å². The summed E-state index contributed by atoms with van der Waals surface area (Å²) in [6, 6.07) is 6.63. The molecule has 1 aliphatic heterocycles. The third-order valence-electron chi connectivity index (χ3n) is 3.88. The van der Waals surface area contributed by atoms with E-state index in [-0.39, 0.29) is 0 Å². The van der Waals surface area contributed by atoms with Gasteiger partial charge < -0.3 is 10.1 Å². The summed E-state index contributed by atoms with van der Waals surface area (Å²) < 4.78 is 7.06. The van der Waals surface area contributed by atoms with Crippen molar-refractivity contribution in [2.45, 2.75) is 25.8 Å². The molecule has 0 aliphatic carbocycles. The molecule has 5 heteroatoms. The maximum Gasteiger partial charge on any atom is 0.0821 e. The van der Waals surface area contributed by atoms with Gasteiger partial charge in [-0.05, 0) is 30.0 Å². The van der Waals surface area contributed by atoms with Gasteiger partial charge in [0, 0.05) is 25.8 Å². The van der Waals surface area contributed by atoms with Gasteiger partial charge in [-0.15, -0.1) is 0 Å². The maximum absolute atomic E-state index is 6.28. The molecule has 21 heavy (non-hydrogen) atoms. The van der Waals surface area contributed by atoms with Crippen LogP contribution in [0.4, 0.5) is 5.69 Å². The van der Waals surface area contributed by atoms with Gasteiger partial charge in [0.15, 0.2) is 0 Å². The summed E-state index contributed by atoms with van der Waals surface area (Å²) in [7, 11) is 1.70. The number of nitrogens with zero attached hydrogens (tertiary/aromatic N) is 2. The van der Waals surface area contributed by atoms with E-state index in [0.29, 0.717) is 6.61 Å². The lowest BCUT2D eigenvalue weighted by Crippen LogP contribution is -2.12. The van der Waals surface area contributed by atoms with Gasteiger partial charge >= 0.3 is 0 Å². The number of aromatic nitrogens is 2. The van der Waals surface area contributed by atoms with Gasteiger partial charge in [0.2, 0.25) is 0 Å². The summed E-state index contributed by atoms with van der Waals surface area (Å²) in [5.41, 5.74) is 5.00. The van der Waals surface area contributed by atoms with Crippen LogP contribution in [0.1, 0.15) is 23.2 Å². The molecule has 112 valence electrons. The first-order chi connectivity index (χ1) is 10.3. The van der Waals surface area contributed by atoms with Crippen molar-refractivity contribution in [3.63, 3.8) is 0 Å². The highest BCUT2D eigenvalue weighted by Crippen LogP contribution is 2.25. The van der Waals surface area contributed by atoms with E-state index in [9.17, 15) is 0 Å². The van der Waals surface area contributed by atoms with Crippen LogP contribution in [0.5, 0.6) is 0 Å². The molecule has 0 atom stereocenters. The molecule has 1 aromatic carbocycles. The molecule has 0 amide bonds. The Morgan fingerprint density at radius 2 is 2.33 bits per heavy atom. The molecule has 3 rings (SSSR count). The van der Waals surface area contributed by atoms with Crippen molar-refractivity contribution in [3.8, 4) is 0 Å². The van der Waals surface area contributed by atoms with Crippen molar-refractivity contribution in [1.29, 1.82) is 0 Å². The van der Waals surface area contributed by atoms with Gasteiger partial charge in [-0.1, -0.05) is 23.7 Å². The largest absolute Gasteiger partial charge is 0.385 e. The van der Waals surface area contributed by atoms with Crippen molar-refractivity contribution < 1.29 is 4.74 Å². The van der Waals surface area contributed by atoms with Crippen molar-refractivity contribution in [3.05, 3.63) is 46.2 Å². The fourth-order valence-corrected chi connectivity index (χ4v) is 2.97. The Labute approximate surface area is 130 Å². The molecule has 0 bridgehead atoms. The van der Waals surface area contributed by atoms with E-state index in [4.69, 9.17) is 16.3 Å². The molecule has 0 saturated heterocycles. The Hall–Kier alpha value is -1.52. The Balaban J connectivity index is 1.81. The first kappa shape index (κ1) is 14.4. The molecule has 1 aromatic heterocycles. The van der Waals surface area contributed by atoms with Crippen molar-refractivity contribution in [2.75, 3.05) is 25.6 Å². The summed E-state index contributed by atoms with van der Waals surface area (Å²) in [4.78, 5) is 0. The Morgan fingerprint density at radius 1 is 1.43 bits per heavy atom. The molecule has 0 fully saturated rings. The number of nitrogens with one attached hydrogen (secondary N) is 1. The predicted octanol–water partition coefficient (Wildman–Crippen LogP) is 3.13. The number of anilines is 1. The van der Waals surface area contributed by atoms with Crippen LogP contribution in [-0.2, 0) is 24.1 Å². The fraction of sp³-hybridized carbons (Fsp3) is 0.438. The van der Waals surface area contributed by atoms with Gasteiger partial charge in [0.05, 0.1) is 30.1 Å². The van der Waals surface area contributed by atoms with Crippen LogP contribution < -0.4 is 5.32 Å². The minimum absolute atomic E-state index is 0.638. The molecule has 0 saturated carbocycles. The second kappa shape index (κ2) is 6.50. The average Bonchev–Trinajstić information content (AvgIpc) is 2.86. The zero-order valence-electron chi connectivity index (χ0n) is 12.2. The molecule has 1 N–H and O–H groups in total. The number of hydrogen-bond acceptors (Lipinski definition) is 3. The number of halogens is 1. The summed E-state index contributed by atoms with van der Waals surface area (Å²) >= 11 is 6.28. The molecule has 2 aromatic rings. The number of hydrogen-bond donors (Lipinski definition) is 1. The molecule has 1 aliphatic rings. The van der Waals surface area contributed by atoms with E-state index in [2.05, 4.69) is 28.6 Å². The summed E-state index contributed by atoms with van der Waals surface area (Å²) in [5.74, 6) is 0. The molecule has 0 unspecified atom stereocenters. The van der Waals surface area contributed by atoms with Crippen molar-refractivity contribution in [1.82, 2.24) is 9.78 Å². The van der Waals surface area contributed by atoms with E-state index in [1.165, 1.54) is 23.2 Å². The number of aryl methyl sites for hydroxylation is 1. The lowest BCUT2D eigenvalue weighted by molar-refractivity contribution is 0.182. The minimum Gasteiger partial charge on any atom is -0.385 e. The number of rotatable bonds is 5. The summed E-state index contributed by atoms with van der Waals surface area (Å²) in [5, 5.41) is 8.49. The molecule has 4 nitrogen and oxygen atoms in total. The van der Waals surface area contributed by atoms with Crippen LogP contribution in [0, 0.1) is 0 Å². The first-order valence-corrected chi connectivity index (χ1v) is 7.70. The summed E-state index contributed by atoms with van der Waals surface area (Å²) in [6.45, 7) is 2.44. The zero-order chi connectivity index (χ0) is 14.7. The minimum atomic E-state index is 0.638. The van der Waals surface area contributed by atoms with Crippen LogP contribution >= 0.6 is 11.6 Å². The maximum atomic E-state index is 6.28. The SMILES string of the molecule is COCCn1ncc(Cl)c1Cc1ccc2c(c1)CCCN2. The lowest BCUT2D eigenvalue weighted by atomic mass is 9.99. The molecular weight excluding hydrogens is 286 g/mol. The van der Waals surface area contributed by atoms with Crippen LogP contribution in [0.2, 0.25) is 5.02 Å². The highest BCUT2D eigenvalue weighted by molar-refractivity contribution is 6.31. The van der Waals surface area contributed by atoms with E-state index >= 15 is 0 Å². The molecule has 2 heterocycles. The van der Waals surface area contributed by atoms with Gasteiger partial charge in [-0.2, -0.15) is 5.10 Å². The monoisotopic (exact) mass is 305 g/mol. The van der Waals surface area contributed by atoms with E-state index in [1.807, 2.05) is 4.68 Å². The second-order valence-electron chi connectivity index (χ2n) is 5.35. The molecule has 0 spiro atoms. The topological polar surface area (TPSA) is 39.1 Å². The van der Waals surface area contributed by atoms with Crippen molar-refractivity contribution in [2.24, 2.45) is 0 Å². The third-order valence-corrected chi connectivity index (χ3v) is 4.20. The average molecular weight is 306 g/mol. The Bertz CT molecular complexity index is 624. The molecule has 0 radical (unpaired) electrons. The normalized spacial score (nSPS) is 13.8. The standard InChI is InChI=1S/C16H20ClN3O/c1-21-8-7-20-16(14(17)11-19-20)10-12-4-5-15-13(9-12)3-2-6-18-15/h4-5,9,11,18H,2-3,6-8,10H2,1H3. The number of benzene rings is 1. The number of fused-ring (bicyclic) bond motifs is 1. The van der Waals surface area contributed by atoms with E-state index in [0.717, 1.165) is 36.6 Å². The highest BCUT2D eigenvalue weighted by Gasteiger charge is 2.13. The van der Waals surface area contributed by atoms with Crippen LogP contribution in [0.25, 0.3) is 0 Å². The number of ether oxygens (including phenoxy) is 1. The van der Waals surface area contributed by atoms with Crippen LogP contribution in [-0.4, -0.2) is 30.0 Å². The van der Waals surface area contributed by atoms with E-state index in [1.54, 1.807) is 13.3 Å². The smallest absolute Gasteiger partial charge is 0.0821 e. The van der Waals surface area contributed by atoms with Gasteiger partial charge in [-0.25, -0.2) is 0 Å². The van der Waals surface area contributed by atoms with Gasteiger partial charge in [0.1, 0.15) is 0 Å². The van der Waals surface area contributed by atoms with Crippen LogP contribution in [0.3, 0.4) is 0 Å². The van der Waals surface area contributed by atoms with E-state index < -0.39 is 0 Å². The number of methoxy groups -OCH3 is 1. The van der Waals surface area contributed by atoms with Gasteiger partial charge in [-0.3, -0.25) is 4.68 Å². The first-order valence-electron chi connectivity index (χ1n) is 7.32. The predicted molar refractivity (Wildman–Crippen MR) is 85.2 cm³/mol. The molecular formula is C16H20ClN3O. The zero-order valence-corrected chi connectivity index (χ0v) is 13.0.